The fourth-order valence-electron chi connectivity index (χ4n) is 2.46. The molecule has 2 nitrogen and oxygen atoms in total. The van der Waals surface area contributed by atoms with Crippen LogP contribution >= 0.6 is 0 Å². The van der Waals surface area contributed by atoms with Gasteiger partial charge in [0.1, 0.15) is 0 Å². The van der Waals surface area contributed by atoms with Crippen molar-refractivity contribution in [2.24, 2.45) is 5.41 Å². The Kier molecular flexibility index (Phi) is 5.41. The summed E-state index contributed by atoms with van der Waals surface area (Å²) in [6, 6.07) is 10.3. The molecule has 0 unspecified atom stereocenters. The molecule has 110 valence electrons. The second kappa shape index (κ2) is 7.07. The summed E-state index contributed by atoms with van der Waals surface area (Å²) in [4.78, 5) is 0. The van der Waals surface area contributed by atoms with Crippen LogP contribution in [-0.4, -0.2) is 22.3 Å². The van der Waals surface area contributed by atoms with Crippen LogP contribution in [0.2, 0.25) is 0 Å². The van der Waals surface area contributed by atoms with E-state index >= 15 is 0 Å². The van der Waals surface area contributed by atoms with E-state index in [9.17, 15) is 4.21 Å². The maximum atomic E-state index is 11.4. The Morgan fingerprint density at radius 1 is 1.30 bits per heavy atom. The summed E-state index contributed by atoms with van der Waals surface area (Å²) in [6.07, 6.45) is 5.02. The SMILES string of the molecule is C/C(=C/OCCC1(C)CCS(=O)CC1)c1ccccc1. The molecule has 1 aliphatic heterocycles. The second-order valence-electron chi connectivity index (χ2n) is 5.95. The van der Waals surface area contributed by atoms with Gasteiger partial charge in [-0.3, -0.25) is 4.21 Å². The average molecular weight is 292 g/mol. The lowest BCUT2D eigenvalue weighted by atomic mass is 9.81. The van der Waals surface area contributed by atoms with Gasteiger partial charge in [-0.1, -0.05) is 37.3 Å². The molecule has 1 aliphatic rings. The van der Waals surface area contributed by atoms with Crippen molar-refractivity contribution in [1.29, 1.82) is 0 Å². The molecule has 2 rings (SSSR count). The minimum absolute atomic E-state index is 0.308. The van der Waals surface area contributed by atoms with Gasteiger partial charge in [0.2, 0.25) is 0 Å². The number of rotatable bonds is 5. The molecule has 1 heterocycles. The molecule has 0 N–H and O–H groups in total. The van der Waals surface area contributed by atoms with Crippen LogP contribution in [0.5, 0.6) is 0 Å². The van der Waals surface area contributed by atoms with E-state index in [1.54, 1.807) is 0 Å². The molecule has 1 fully saturated rings. The van der Waals surface area contributed by atoms with Crippen LogP contribution in [0, 0.1) is 5.41 Å². The van der Waals surface area contributed by atoms with E-state index < -0.39 is 10.8 Å². The molecule has 1 aromatic carbocycles. The predicted molar refractivity (Wildman–Crippen MR) is 85.9 cm³/mol. The molecule has 0 amide bonds. The molecule has 20 heavy (non-hydrogen) atoms. The Bertz CT molecular complexity index is 469. The third-order valence-electron chi connectivity index (χ3n) is 4.18. The van der Waals surface area contributed by atoms with Gasteiger partial charge in [0, 0.05) is 22.3 Å². The maximum absolute atomic E-state index is 11.4. The topological polar surface area (TPSA) is 26.3 Å². The van der Waals surface area contributed by atoms with E-state index in [2.05, 4.69) is 26.0 Å². The van der Waals surface area contributed by atoms with Gasteiger partial charge in [0.05, 0.1) is 12.9 Å². The number of hydrogen-bond acceptors (Lipinski definition) is 2. The van der Waals surface area contributed by atoms with Crippen LogP contribution in [0.15, 0.2) is 36.6 Å². The first kappa shape index (κ1) is 15.3. The fraction of sp³-hybridized carbons (Fsp3) is 0.529. The summed E-state index contributed by atoms with van der Waals surface area (Å²) >= 11 is 0. The molecule has 3 heteroatoms. The van der Waals surface area contributed by atoms with Gasteiger partial charge in [-0.2, -0.15) is 0 Å². The molecule has 0 atom stereocenters. The van der Waals surface area contributed by atoms with Crippen LogP contribution in [0.1, 0.15) is 38.7 Å². The third kappa shape index (κ3) is 4.48. The van der Waals surface area contributed by atoms with Crippen molar-refractivity contribution in [2.45, 2.75) is 33.1 Å². The van der Waals surface area contributed by atoms with Crippen molar-refractivity contribution in [2.75, 3.05) is 18.1 Å². The zero-order valence-corrected chi connectivity index (χ0v) is 13.2. The Balaban J connectivity index is 1.77. The molecule has 1 aromatic rings. The van der Waals surface area contributed by atoms with Crippen molar-refractivity contribution in [1.82, 2.24) is 0 Å². The summed E-state index contributed by atoms with van der Waals surface area (Å²) in [5, 5.41) is 0. The van der Waals surface area contributed by atoms with Crippen LogP contribution in [0.3, 0.4) is 0 Å². The van der Waals surface area contributed by atoms with E-state index in [1.807, 2.05) is 24.5 Å². The van der Waals surface area contributed by atoms with Crippen LogP contribution < -0.4 is 0 Å². The normalized spacial score (nSPS) is 27.3. The first-order valence-electron chi connectivity index (χ1n) is 7.28. The minimum atomic E-state index is -0.579. The lowest BCUT2D eigenvalue weighted by Crippen LogP contribution is -2.29. The van der Waals surface area contributed by atoms with Gasteiger partial charge in [-0.05, 0) is 42.7 Å². The molecular weight excluding hydrogens is 268 g/mol. The van der Waals surface area contributed by atoms with Crippen molar-refractivity contribution < 1.29 is 8.95 Å². The summed E-state index contributed by atoms with van der Waals surface area (Å²) in [5.74, 6) is 1.71. The average Bonchev–Trinajstić information content (AvgIpc) is 2.48. The molecule has 1 saturated heterocycles. The molecular formula is C17H24O2S. The molecule has 0 spiro atoms. The van der Waals surface area contributed by atoms with Crippen molar-refractivity contribution >= 4 is 16.4 Å². The van der Waals surface area contributed by atoms with E-state index in [0.29, 0.717) is 5.41 Å². The van der Waals surface area contributed by atoms with E-state index in [0.717, 1.165) is 42.9 Å². The standard InChI is InChI=1S/C17H24O2S/c1-15(16-6-4-3-5-7-16)14-19-11-8-17(2)9-12-20(18)13-10-17/h3-7,14H,8-13H2,1-2H3/b15-14-. The summed E-state index contributed by atoms with van der Waals surface area (Å²) in [6.45, 7) is 5.11. The third-order valence-corrected chi connectivity index (χ3v) is 5.50. The van der Waals surface area contributed by atoms with Crippen LogP contribution in [0.25, 0.3) is 5.57 Å². The number of allylic oxidation sites excluding steroid dienone is 1. The smallest absolute Gasteiger partial charge is 0.0878 e. The van der Waals surface area contributed by atoms with Gasteiger partial charge in [0.15, 0.2) is 0 Å². The Morgan fingerprint density at radius 3 is 2.60 bits per heavy atom. The van der Waals surface area contributed by atoms with Gasteiger partial charge in [-0.25, -0.2) is 0 Å². The lowest BCUT2D eigenvalue weighted by Gasteiger charge is -2.32. The molecule has 0 aromatic heterocycles. The lowest BCUT2D eigenvalue weighted by molar-refractivity contribution is 0.167. The van der Waals surface area contributed by atoms with E-state index in [-0.39, 0.29) is 0 Å². The van der Waals surface area contributed by atoms with Crippen molar-refractivity contribution in [3.63, 3.8) is 0 Å². The van der Waals surface area contributed by atoms with Crippen LogP contribution in [-0.2, 0) is 15.5 Å². The molecule has 0 bridgehead atoms. The van der Waals surface area contributed by atoms with Gasteiger partial charge in [0.25, 0.3) is 0 Å². The zero-order chi connectivity index (χ0) is 14.4. The summed E-state index contributed by atoms with van der Waals surface area (Å²) < 4.78 is 17.1. The summed E-state index contributed by atoms with van der Waals surface area (Å²) in [5.41, 5.74) is 2.66. The van der Waals surface area contributed by atoms with E-state index in [4.69, 9.17) is 4.74 Å². The highest BCUT2D eigenvalue weighted by molar-refractivity contribution is 7.85. The monoisotopic (exact) mass is 292 g/mol. The van der Waals surface area contributed by atoms with Crippen molar-refractivity contribution in [3.8, 4) is 0 Å². The Labute approximate surface area is 124 Å². The second-order valence-corrected chi connectivity index (χ2v) is 7.64. The van der Waals surface area contributed by atoms with Crippen molar-refractivity contribution in [3.05, 3.63) is 42.2 Å². The Hall–Kier alpha value is -1.09. The molecule has 0 radical (unpaired) electrons. The first-order valence-corrected chi connectivity index (χ1v) is 8.77. The highest BCUT2D eigenvalue weighted by Gasteiger charge is 2.29. The molecule has 0 aliphatic carbocycles. The summed E-state index contributed by atoms with van der Waals surface area (Å²) in [7, 11) is -0.579. The zero-order valence-electron chi connectivity index (χ0n) is 12.4. The predicted octanol–water partition coefficient (Wildman–Crippen LogP) is 4.00. The van der Waals surface area contributed by atoms with E-state index in [1.165, 1.54) is 5.56 Å². The maximum Gasteiger partial charge on any atom is 0.0878 e. The van der Waals surface area contributed by atoms with Gasteiger partial charge in [-0.15, -0.1) is 0 Å². The Morgan fingerprint density at radius 2 is 1.95 bits per heavy atom. The quantitative estimate of drug-likeness (QED) is 0.605. The number of ether oxygens (including phenoxy) is 1. The highest BCUT2D eigenvalue weighted by atomic mass is 32.2. The van der Waals surface area contributed by atoms with Gasteiger partial charge >= 0.3 is 0 Å². The number of benzene rings is 1. The van der Waals surface area contributed by atoms with Crippen LogP contribution in [0.4, 0.5) is 0 Å². The first-order chi connectivity index (χ1) is 9.59. The number of hydrogen-bond donors (Lipinski definition) is 0. The fourth-order valence-corrected chi connectivity index (χ4v) is 4.10. The highest BCUT2D eigenvalue weighted by Crippen LogP contribution is 2.34. The largest absolute Gasteiger partial charge is 0.501 e. The minimum Gasteiger partial charge on any atom is -0.501 e. The van der Waals surface area contributed by atoms with Gasteiger partial charge < -0.3 is 4.74 Å². The molecule has 0 saturated carbocycles.